The van der Waals surface area contributed by atoms with Crippen molar-refractivity contribution in [2.24, 2.45) is 11.5 Å². The number of nitrogens with zero attached hydrogens (tertiary/aromatic N) is 6. The summed E-state index contributed by atoms with van der Waals surface area (Å²) in [5.74, 6) is 0.680. The van der Waals surface area contributed by atoms with Gasteiger partial charge >= 0.3 is 0 Å². The van der Waals surface area contributed by atoms with E-state index in [0.717, 1.165) is 37.2 Å². The monoisotopic (exact) mass is 592 g/mol. The van der Waals surface area contributed by atoms with Crippen LogP contribution in [0.4, 0.5) is 23.5 Å². The molecule has 0 aromatic carbocycles. The van der Waals surface area contributed by atoms with Gasteiger partial charge in [0.05, 0.1) is 29.7 Å². The maximum Gasteiger partial charge on any atom is 0.256 e. The summed E-state index contributed by atoms with van der Waals surface area (Å²) in [6.07, 6.45) is 6.73. The van der Waals surface area contributed by atoms with E-state index < -0.39 is 5.91 Å². The normalized spacial score (nSPS) is 19.4. The number of carbonyl (C=O) groups is 1. The fraction of sp³-hybridized carbons (Fsp3) is 0.385. The van der Waals surface area contributed by atoms with E-state index in [2.05, 4.69) is 30.1 Å². The number of anilines is 4. The molecule has 42 heavy (non-hydrogen) atoms. The number of hydrogen-bond acceptors (Lipinski definition) is 14. The zero-order valence-corrected chi connectivity index (χ0v) is 23.2. The predicted octanol–water partition coefficient (Wildman–Crippen LogP) is 2.31. The summed E-state index contributed by atoms with van der Waals surface area (Å²) < 4.78 is 23.1. The van der Waals surface area contributed by atoms with E-state index in [4.69, 9.17) is 25.0 Å². The number of morpholine rings is 1. The fourth-order valence-electron chi connectivity index (χ4n) is 5.42. The molecular weight excluding hydrogens is 564 g/mol. The molecule has 2 aliphatic rings. The summed E-state index contributed by atoms with van der Waals surface area (Å²) in [5, 5.41) is 10.8. The SMILES string of the molecule is NC(=O)c1c(Nc2cc(-c3coc4c(=O)cc(N5CCOCC5)oc34)sn2)nc(N[C@H]2CCCC[C@H]2N)n2ncnc12. The van der Waals surface area contributed by atoms with Gasteiger partial charge in [0.2, 0.25) is 17.0 Å². The second-order valence-corrected chi connectivity index (χ2v) is 11.1. The van der Waals surface area contributed by atoms with Crippen molar-refractivity contribution in [3.05, 3.63) is 40.5 Å². The van der Waals surface area contributed by atoms with Crippen LogP contribution in [0.3, 0.4) is 0 Å². The third kappa shape index (κ3) is 4.72. The van der Waals surface area contributed by atoms with Crippen molar-refractivity contribution in [2.75, 3.05) is 41.8 Å². The molecule has 0 radical (unpaired) electrons. The molecule has 2 atom stereocenters. The summed E-state index contributed by atoms with van der Waals surface area (Å²) in [7, 11) is 0. The van der Waals surface area contributed by atoms with Gasteiger partial charge in [0.1, 0.15) is 24.0 Å². The minimum atomic E-state index is -0.724. The quantitative estimate of drug-likeness (QED) is 0.214. The van der Waals surface area contributed by atoms with Crippen LogP contribution in [-0.2, 0) is 4.74 Å². The van der Waals surface area contributed by atoms with E-state index in [1.54, 1.807) is 6.07 Å². The average Bonchev–Trinajstić information content (AvgIpc) is 3.75. The zero-order chi connectivity index (χ0) is 28.8. The molecule has 0 unspecified atom stereocenters. The lowest BCUT2D eigenvalue weighted by Crippen LogP contribution is -2.43. The molecule has 1 saturated carbocycles. The fourth-order valence-corrected chi connectivity index (χ4v) is 6.12. The van der Waals surface area contributed by atoms with Gasteiger partial charge in [-0.25, -0.2) is 4.98 Å². The molecule has 16 heteroatoms. The van der Waals surface area contributed by atoms with Gasteiger partial charge in [0.15, 0.2) is 22.9 Å². The first-order chi connectivity index (χ1) is 20.5. The third-order valence-electron chi connectivity index (χ3n) is 7.58. The van der Waals surface area contributed by atoms with Crippen molar-refractivity contribution in [1.82, 2.24) is 24.0 Å². The summed E-state index contributed by atoms with van der Waals surface area (Å²) in [5.41, 5.74) is 13.2. The first-order valence-electron chi connectivity index (χ1n) is 13.6. The Hall–Kier alpha value is -4.54. The number of furan rings is 1. The highest BCUT2D eigenvalue weighted by atomic mass is 32.1. The van der Waals surface area contributed by atoms with E-state index in [-0.39, 0.29) is 40.1 Å². The van der Waals surface area contributed by atoms with Crippen LogP contribution in [0.1, 0.15) is 36.0 Å². The van der Waals surface area contributed by atoms with Crippen LogP contribution in [0.5, 0.6) is 0 Å². The molecule has 1 saturated heterocycles. The highest BCUT2D eigenvalue weighted by Gasteiger charge is 2.27. The van der Waals surface area contributed by atoms with Crippen molar-refractivity contribution in [1.29, 1.82) is 0 Å². The topological polar surface area (TPSA) is 205 Å². The molecule has 1 aliphatic carbocycles. The second kappa shape index (κ2) is 10.7. The molecular formula is C26H28N10O5S. The Balaban J connectivity index is 1.23. The van der Waals surface area contributed by atoms with E-state index in [9.17, 15) is 9.59 Å². The number of nitrogens with one attached hydrogen (secondary N) is 2. The summed E-state index contributed by atoms with van der Waals surface area (Å²) in [4.78, 5) is 36.9. The maximum atomic E-state index is 12.8. The first kappa shape index (κ1) is 26.4. The van der Waals surface area contributed by atoms with Crippen molar-refractivity contribution in [3.63, 3.8) is 0 Å². The van der Waals surface area contributed by atoms with E-state index in [0.29, 0.717) is 60.0 Å². The van der Waals surface area contributed by atoms with Crippen LogP contribution in [0, 0.1) is 0 Å². The van der Waals surface area contributed by atoms with Crippen molar-refractivity contribution < 1.29 is 18.4 Å². The maximum absolute atomic E-state index is 12.8. The minimum Gasteiger partial charge on any atom is -0.456 e. The Morgan fingerprint density at radius 2 is 1.98 bits per heavy atom. The van der Waals surface area contributed by atoms with Crippen molar-refractivity contribution >= 4 is 57.7 Å². The average molecular weight is 593 g/mol. The lowest BCUT2D eigenvalue weighted by Gasteiger charge is -2.29. The third-order valence-corrected chi connectivity index (χ3v) is 8.40. The van der Waals surface area contributed by atoms with Crippen molar-refractivity contribution in [3.8, 4) is 10.4 Å². The molecule has 5 aromatic heterocycles. The number of hydrogen-bond donors (Lipinski definition) is 4. The van der Waals surface area contributed by atoms with Gasteiger partial charge in [-0.1, -0.05) is 12.8 Å². The Morgan fingerprint density at radius 3 is 2.79 bits per heavy atom. The van der Waals surface area contributed by atoms with Crippen LogP contribution < -0.4 is 32.4 Å². The Bertz CT molecular complexity index is 1840. The molecule has 2 fully saturated rings. The standard InChI is InChI=1S/C26H28N10O5S/c27-14-3-1-2-4-15(14)31-26-33-24(20(23(28)38)25-29-12-30-36(25)26)32-18-10-17(42-34-18)13-11-40-22-16(37)9-19(41-21(13)22)35-5-7-39-8-6-35/h9-12,14-15H,1-8,27H2,(H2,28,38)(H,31,33)(H,32,34)/t14-,15+/m1/s1. The molecule has 7 rings (SSSR count). The van der Waals surface area contributed by atoms with Crippen LogP contribution in [0.25, 0.3) is 27.3 Å². The van der Waals surface area contributed by atoms with Crippen LogP contribution in [0.15, 0.2) is 38.4 Å². The molecule has 218 valence electrons. The molecule has 15 nitrogen and oxygen atoms in total. The molecule has 6 N–H and O–H groups in total. The summed E-state index contributed by atoms with van der Waals surface area (Å²) in [6, 6.07) is 3.13. The lowest BCUT2D eigenvalue weighted by molar-refractivity contribution is 0.100. The van der Waals surface area contributed by atoms with E-state index in [1.807, 2.05) is 4.90 Å². The number of ether oxygens (including phenoxy) is 1. The second-order valence-electron chi connectivity index (χ2n) is 10.3. The van der Waals surface area contributed by atoms with Gasteiger partial charge in [0, 0.05) is 31.2 Å². The van der Waals surface area contributed by atoms with Crippen LogP contribution >= 0.6 is 11.5 Å². The largest absolute Gasteiger partial charge is 0.456 e. The van der Waals surface area contributed by atoms with Crippen LogP contribution in [-0.4, -0.2) is 68.2 Å². The van der Waals surface area contributed by atoms with Crippen LogP contribution in [0.2, 0.25) is 0 Å². The van der Waals surface area contributed by atoms with Gasteiger partial charge in [0.25, 0.3) is 5.91 Å². The minimum absolute atomic E-state index is 0.0109. The Labute approximate surface area is 242 Å². The van der Waals surface area contributed by atoms with E-state index in [1.165, 1.54) is 23.2 Å². The van der Waals surface area contributed by atoms with Crippen molar-refractivity contribution in [2.45, 2.75) is 37.8 Å². The van der Waals surface area contributed by atoms with Gasteiger partial charge in [-0.3, -0.25) is 9.59 Å². The summed E-state index contributed by atoms with van der Waals surface area (Å²) >= 11 is 1.16. The smallest absolute Gasteiger partial charge is 0.256 e. The number of fused-ring (bicyclic) bond motifs is 2. The number of primary amides is 1. The van der Waals surface area contributed by atoms with Gasteiger partial charge in [-0.05, 0) is 24.4 Å². The molecule has 0 bridgehead atoms. The zero-order valence-electron chi connectivity index (χ0n) is 22.4. The van der Waals surface area contributed by atoms with Gasteiger partial charge in [-0.2, -0.15) is 19.0 Å². The lowest BCUT2D eigenvalue weighted by atomic mass is 9.91. The highest BCUT2D eigenvalue weighted by molar-refractivity contribution is 7.10. The van der Waals surface area contributed by atoms with Gasteiger partial charge < -0.3 is 40.6 Å². The number of nitrogens with two attached hydrogens (primary N) is 2. The number of rotatable bonds is 7. The molecule has 1 amide bonds. The molecule has 0 spiro atoms. The molecule has 1 aliphatic heterocycles. The van der Waals surface area contributed by atoms with E-state index >= 15 is 0 Å². The Kier molecular flexibility index (Phi) is 6.72. The Morgan fingerprint density at radius 1 is 1.14 bits per heavy atom. The number of aromatic nitrogens is 5. The summed E-state index contributed by atoms with van der Waals surface area (Å²) in [6.45, 7) is 2.34. The highest BCUT2D eigenvalue weighted by Crippen LogP contribution is 2.36. The first-order valence-corrected chi connectivity index (χ1v) is 14.4. The molecule has 5 aromatic rings. The predicted molar refractivity (Wildman–Crippen MR) is 155 cm³/mol. The molecule has 6 heterocycles. The number of amides is 1. The van der Waals surface area contributed by atoms with Gasteiger partial charge in [-0.15, -0.1) is 0 Å². The number of carbonyl (C=O) groups excluding carboxylic acids is 1.